The van der Waals surface area contributed by atoms with Gasteiger partial charge in [-0.2, -0.15) is 5.10 Å². The highest BCUT2D eigenvalue weighted by molar-refractivity contribution is 5.98. The lowest BCUT2D eigenvalue weighted by Gasteiger charge is -2.32. The summed E-state index contributed by atoms with van der Waals surface area (Å²) in [5.41, 5.74) is 8.54. The molecule has 1 fully saturated rings. The molecule has 4 aromatic rings. The quantitative estimate of drug-likeness (QED) is 0.434. The van der Waals surface area contributed by atoms with Crippen molar-refractivity contribution >= 4 is 22.6 Å². The molecule has 5 rings (SSSR count). The van der Waals surface area contributed by atoms with Crippen molar-refractivity contribution < 1.29 is 14.6 Å². The Morgan fingerprint density at radius 2 is 1.85 bits per heavy atom. The largest absolute Gasteiger partial charge is 0.457 e. The zero-order valence-electron chi connectivity index (χ0n) is 18.7. The summed E-state index contributed by atoms with van der Waals surface area (Å²) in [6.45, 7) is 1.26. The van der Waals surface area contributed by atoms with Crippen molar-refractivity contribution in [2.45, 2.75) is 18.9 Å². The van der Waals surface area contributed by atoms with E-state index in [9.17, 15) is 4.79 Å². The first kappa shape index (κ1) is 22.0. The van der Waals surface area contributed by atoms with Gasteiger partial charge in [-0.05, 0) is 55.8 Å². The van der Waals surface area contributed by atoms with Crippen LogP contribution < -0.4 is 10.5 Å². The van der Waals surface area contributed by atoms with Crippen LogP contribution in [-0.2, 0) is 4.79 Å². The summed E-state index contributed by atoms with van der Waals surface area (Å²) in [5.74, 6) is 1.68. The van der Waals surface area contributed by atoms with E-state index in [0.717, 1.165) is 36.4 Å². The molecule has 1 aliphatic rings. The second kappa shape index (κ2) is 9.58. The van der Waals surface area contributed by atoms with E-state index in [-0.39, 0.29) is 18.4 Å². The van der Waals surface area contributed by atoms with E-state index in [4.69, 9.17) is 20.7 Å². The van der Waals surface area contributed by atoms with E-state index >= 15 is 0 Å². The molecule has 174 valence electrons. The number of hydrogen-bond donors (Lipinski definition) is 2. The molecule has 9 heteroatoms. The van der Waals surface area contributed by atoms with E-state index in [1.54, 1.807) is 0 Å². The number of anilines is 1. The summed E-state index contributed by atoms with van der Waals surface area (Å²) in [4.78, 5) is 22.5. The van der Waals surface area contributed by atoms with Crippen LogP contribution in [0.1, 0.15) is 18.9 Å². The zero-order valence-corrected chi connectivity index (χ0v) is 18.7. The predicted molar refractivity (Wildman–Crippen MR) is 128 cm³/mol. The maximum atomic E-state index is 11.8. The van der Waals surface area contributed by atoms with Gasteiger partial charge in [0.1, 0.15) is 35.9 Å². The van der Waals surface area contributed by atoms with Crippen LogP contribution in [-0.4, -0.2) is 61.8 Å². The molecule has 0 saturated carbocycles. The highest BCUT2D eigenvalue weighted by Gasteiger charge is 2.27. The molecule has 3 N–H and O–H groups in total. The topological polar surface area (TPSA) is 119 Å². The number of Topliss-reactive ketones (excluding diaryl/α,β-unsaturated/α-hetero) is 1. The molecule has 9 nitrogen and oxygen atoms in total. The summed E-state index contributed by atoms with van der Waals surface area (Å²) < 4.78 is 7.82. The summed E-state index contributed by atoms with van der Waals surface area (Å²) in [7, 11) is 0. The number of aliphatic hydroxyl groups excluding tert-OH is 1. The molecular weight excluding hydrogens is 432 g/mol. The average molecular weight is 459 g/mol. The third-order valence-corrected chi connectivity index (χ3v) is 6.03. The second-order valence-electron chi connectivity index (χ2n) is 8.42. The number of nitrogens with two attached hydrogens (primary N) is 1. The number of rotatable bonds is 7. The van der Waals surface area contributed by atoms with Crippen molar-refractivity contribution in [1.29, 1.82) is 0 Å². The van der Waals surface area contributed by atoms with Gasteiger partial charge >= 0.3 is 0 Å². The fourth-order valence-corrected chi connectivity index (χ4v) is 4.43. The number of likely N-dealkylation sites (tertiary alicyclic amines) is 1. The Morgan fingerprint density at radius 3 is 2.62 bits per heavy atom. The standard InChI is InChI=1S/C25H26N6O3/c26-24-22-23(17-8-10-21(11-9-17)34-20-6-2-1-3-7-20)29-31(25(22)28-16-27-24)18-5-4-12-30(13-18)14-19(33)15-32/h1-3,6-11,16,18,32H,4-5,12-15H2,(H2,26,27,28)/t18-/m1/s1. The first-order valence-corrected chi connectivity index (χ1v) is 11.3. The number of carbonyl (C=O) groups is 1. The molecule has 0 radical (unpaired) electrons. The monoisotopic (exact) mass is 458 g/mol. The van der Waals surface area contributed by atoms with Crippen molar-refractivity contribution in [2.24, 2.45) is 0 Å². The normalized spacial score (nSPS) is 16.6. The average Bonchev–Trinajstić information content (AvgIpc) is 3.26. The van der Waals surface area contributed by atoms with Crippen LogP contribution in [0.5, 0.6) is 11.5 Å². The molecule has 0 amide bonds. The number of ketones is 1. The SMILES string of the molecule is Nc1ncnc2c1c(-c1ccc(Oc3ccccc3)cc1)nn2[C@@H]1CCCN(CC(=O)CO)C1. The number of nitrogens with zero attached hydrogens (tertiary/aromatic N) is 5. The van der Waals surface area contributed by atoms with Crippen LogP contribution in [0, 0.1) is 0 Å². The molecule has 3 heterocycles. The fraction of sp³-hybridized carbons (Fsp3) is 0.280. The number of piperidine rings is 1. The van der Waals surface area contributed by atoms with Gasteiger partial charge in [-0.3, -0.25) is 9.69 Å². The number of fused-ring (bicyclic) bond motifs is 1. The highest BCUT2D eigenvalue weighted by Crippen LogP contribution is 2.34. The molecule has 0 aliphatic carbocycles. The van der Waals surface area contributed by atoms with E-state index in [0.29, 0.717) is 29.1 Å². The van der Waals surface area contributed by atoms with Gasteiger partial charge in [0.2, 0.25) is 0 Å². The van der Waals surface area contributed by atoms with Crippen LogP contribution in [0.4, 0.5) is 5.82 Å². The number of benzene rings is 2. The van der Waals surface area contributed by atoms with Gasteiger partial charge < -0.3 is 15.6 Å². The van der Waals surface area contributed by atoms with Crippen molar-refractivity contribution in [3.8, 4) is 22.8 Å². The van der Waals surface area contributed by atoms with Crippen LogP contribution in [0.15, 0.2) is 60.9 Å². The summed E-state index contributed by atoms with van der Waals surface area (Å²) in [6.07, 6.45) is 3.28. The molecule has 34 heavy (non-hydrogen) atoms. The number of carbonyl (C=O) groups excluding carboxylic acids is 1. The predicted octanol–water partition coefficient (Wildman–Crippen LogP) is 3.07. The lowest BCUT2D eigenvalue weighted by atomic mass is 10.1. The summed E-state index contributed by atoms with van der Waals surface area (Å²) >= 11 is 0. The van der Waals surface area contributed by atoms with Gasteiger partial charge in [0.25, 0.3) is 0 Å². The minimum absolute atomic E-state index is 0.0338. The van der Waals surface area contributed by atoms with E-state index < -0.39 is 6.61 Å². The maximum Gasteiger partial charge on any atom is 0.172 e. The van der Waals surface area contributed by atoms with Crippen LogP contribution >= 0.6 is 0 Å². The van der Waals surface area contributed by atoms with Crippen LogP contribution in [0.2, 0.25) is 0 Å². The Morgan fingerprint density at radius 1 is 1.09 bits per heavy atom. The number of para-hydroxylation sites is 1. The highest BCUT2D eigenvalue weighted by atomic mass is 16.5. The lowest BCUT2D eigenvalue weighted by Crippen LogP contribution is -2.40. The number of hydrogen-bond acceptors (Lipinski definition) is 8. The Bertz CT molecular complexity index is 1290. The molecule has 0 unspecified atom stereocenters. The molecule has 1 atom stereocenters. The summed E-state index contributed by atoms with van der Waals surface area (Å²) in [6, 6.07) is 17.3. The number of ether oxygens (including phenoxy) is 1. The smallest absolute Gasteiger partial charge is 0.172 e. The van der Waals surface area contributed by atoms with Crippen LogP contribution in [0.25, 0.3) is 22.3 Å². The molecule has 2 aromatic heterocycles. The Balaban J connectivity index is 1.46. The zero-order chi connectivity index (χ0) is 23.5. The number of aromatic nitrogens is 4. The third-order valence-electron chi connectivity index (χ3n) is 6.03. The van der Waals surface area contributed by atoms with Crippen molar-refractivity contribution in [2.75, 3.05) is 32.0 Å². The van der Waals surface area contributed by atoms with Gasteiger partial charge in [0.15, 0.2) is 11.4 Å². The maximum absolute atomic E-state index is 11.8. The Hall–Kier alpha value is -3.82. The second-order valence-corrected chi connectivity index (χ2v) is 8.42. The minimum Gasteiger partial charge on any atom is -0.457 e. The molecule has 0 bridgehead atoms. The number of nitrogen functional groups attached to an aromatic ring is 1. The molecular formula is C25H26N6O3. The fourth-order valence-electron chi connectivity index (χ4n) is 4.43. The van der Waals surface area contributed by atoms with Crippen molar-refractivity contribution in [3.05, 3.63) is 60.9 Å². The van der Waals surface area contributed by atoms with Gasteiger partial charge in [-0.1, -0.05) is 18.2 Å². The molecule has 1 saturated heterocycles. The van der Waals surface area contributed by atoms with E-state index in [2.05, 4.69) is 14.9 Å². The Labute approximate surface area is 196 Å². The van der Waals surface area contributed by atoms with Gasteiger partial charge in [0, 0.05) is 12.1 Å². The molecule has 2 aromatic carbocycles. The Kier molecular flexibility index (Phi) is 6.20. The van der Waals surface area contributed by atoms with Crippen LogP contribution in [0.3, 0.4) is 0 Å². The first-order valence-electron chi connectivity index (χ1n) is 11.3. The van der Waals surface area contributed by atoms with Gasteiger partial charge in [-0.25, -0.2) is 14.6 Å². The minimum atomic E-state index is -0.441. The number of aliphatic hydroxyl groups is 1. The van der Waals surface area contributed by atoms with E-state index in [1.807, 2.05) is 59.3 Å². The van der Waals surface area contributed by atoms with Gasteiger partial charge in [-0.15, -0.1) is 0 Å². The molecule has 0 spiro atoms. The molecule has 1 aliphatic heterocycles. The van der Waals surface area contributed by atoms with Crippen molar-refractivity contribution in [1.82, 2.24) is 24.6 Å². The first-order chi connectivity index (χ1) is 16.6. The van der Waals surface area contributed by atoms with Crippen molar-refractivity contribution in [3.63, 3.8) is 0 Å². The third kappa shape index (κ3) is 4.48. The lowest BCUT2D eigenvalue weighted by molar-refractivity contribution is -0.123. The summed E-state index contributed by atoms with van der Waals surface area (Å²) in [5, 5.41) is 14.8. The van der Waals surface area contributed by atoms with Gasteiger partial charge in [0.05, 0.1) is 18.0 Å². The van der Waals surface area contributed by atoms with E-state index in [1.165, 1.54) is 6.33 Å².